The third-order valence-electron chi connectivity index (χ3n) is 6.37. The standard InChI is InChI=1S/C26H34N2O2/c29-26(28-18-6-7-19-28)24-14-4-5-15-25(24)30-21-23-13-9-17-27(20-23)16-8-12-22-10-2-1-3-11-22/h1-5,10-11,14-15,23H,6-9,12-13,16-21H2. The van der Waals surface area contributed by atoms with Crippen LogP contribution in [0, 0.1) is 5.92 Å². The number of rotatable bonds is 8. The second-order valence-electron chi connectivity index (χ2n) is 8.70. The predicted octanol–water partition coefficient (Wildman–Crippen LogP) is 4.65. The maximum absolute atomic E-state index is 12.8. The molecule has 4 heteroatoms. The lowest BCUT2D eigenvalue weighted by atomic mass is 9.98. The lowest BCUT2D eigenvalue weighted by Crippen LogP contribution is -2.38. The maximum Gasteiger partial charge on any atom is 0.257 e. The first-order valence-electron chi connectivity index (χ1n) is 11.6. The Morgan fingerprint density at radius 2 is 1.70 bits per heavy atom. The van der Waals surface area contributed by atoms with Gasteiger partial charge in [0.25, 0.3) is 5.91 Å². The van der Waals surface area contributed by atoms with Crippen molar-refractivity contribution in [1.29, 1.82) is 0 Å². The van der Waals surface area contributed by atoms with Crippen LogP contribution in [0.1, 0.15) is 48.0 Å². The maximum atomic E-state index is 12.8. The molecular formula is C26H34N2O2. The molecule has 2 heterocycles. The average Bonchev–Trinajstić information content (AvgIpc) is 3.34. The predicted molar refractivity (Wildman–Crippen MR) is 121 cm³/mol. The molecule has 2 aromatic carbocycles. The fraction of sp³-hybridized carbons (Fsp3) is 0.500. The minimum absolute atomic E-state index is 0.120. The summed E-state index contributed by atoms with van der Waals surface area (Å²) in [6.45, 7) is 5.86. The van der Waals surface area contributed by atoms with E-state index in [1.165, 1.54) is 31.4 Å². The van der Waals surface area contributed by atoms with E-state index in [0.29, 0.717) is 12.5 Å². The number of nitrogens with zero attached hydrogens (tertiary/aromatic N) is 2. The van der Waals surface area contributed by atoms with Gasteiger partial charge in [0.15, 0.2) is 0 Å². The molecule has 2 aliphatic heterocycles. The molecule has 2 saturated heterocycles. The molecule has 2 aliphatic rings. The Balaban J connectivity index is 1.26. The molecule has 2 aromatic rings. The highest BCUT2D eigenvalue weighted by Crippen LogP contribution is 2.24. The van der Waals surface area contributed by atoms with Crippen molar-refractivity contribution in [2.24, 2.45) is 5.92 Å². The van der Waals surface area contributed by atoms with Crippen LogP contribution < -0.4 is 4.74 Å². The van der Waals surface area contributed by atoms with Gasteiger partial charge in [-0.1, -0.05) is 42.5 Å². The van der Waals surface area contributed by atoms with Gasteiger partial charge in [0.1, 0.15) is 5.75 Å². The van der Waals surface area contributed by atoms with Crippen LogP contribution >= 0.6 is 0 Å². The highest BCUT2D eigenvalue weighted by Gasteiger charge is 2.24. The number of benzene rings is 2. The molecule has 0 aliphatic carbocycles. The summed E-state index contributed by atoms with van der Waals surface area (Å²) in [6.07, 6.45) is 6.99. The van der Waals surface area contributed by atoms with Crippen molar-refractivity contribution < 1.29 is 9.53 Å². The molecule has 0 N–H and O–H groups in total. The Morgan fingerprint density at radius 1 is 0.933 bits per heavy atom. The van der Waals surface area contributed by atoms with Crippen LogP contribution in [0.4, 0.5) is 0 Å². The topological polar surface area (TPSA) is 32.8 Å². The minimum Gasteiger partial charge on any atom is -0.492 e. The van der Waals surface area contributed by atoms with E-state index in [2.05, 4.69) is 35.2 Å². The Bertz CT molecular complexity index is 802. The summed E-state index contributed by atoms with van der Waals surface area (Å²) < 4.78 is 6.21. The summed E-state index contributed by atoms with van der Waals surface area (Å²) in [6, 6.07) is 18.5. The SMILES string of the molecule is O=C(c1ccccc1OCC1CCCN(CCCc2ccccc2)C1)N1CCCC1. The van der Waals surface area contributed by atoms with Crippen molar-refractivity contribution in [3.05, 3.63) is 65.7 Å². The van der Waals surface area contributed by atoms with E-state index >= 15 is 0 Å². The molecule has 0 saturated carbocycles. The number of carbonyl (C=O) groups is 1. The fourth-order valence-electron chi connectivity index (χ4n) is 4.71. The zero-order valence-electron chi connectivity index (χ0n) is 18.0. The minimum atomic E-state index is 0.120. The molecule has 4 rings (SSSR count). The first-order chi connectivity index (χ1) is 14.8. The second-order valence-corrected chi connectivity index (χ2v) is 8.70. The van der Waals surface area contributed by atoms with E-state index in [9.17, 15) is 4.79 Å². The Morgan fingerprint density at radius 3 is 2.53 bits per heavy atom. The molecule has 1 atom stereocenters. The van der Waals surface area contributed by atoms with Crippen LogP contribution in [0.15, 0.2) is 54.6 Å². The van der Waals surface area contributed by atoms with Crippen LogP contribution in [0.3, 0.4) is 0 Å². The fourth-order valence-corrected chi connectivity index (χ4v) is 4.71. The number of hydrogen-bond acceptors (Lipinski definition) is 3. The van der Waals surface area contributed by atoms with Gasteiger partial charge in [-0.05, 0) is 69.3 Å². The van der Waals surface area contributed by atoms with E-state index in [1.54, 1.807) is 0 Å². The largest absolute Gasteiger partial charge is 0.492 e. The lowest BCUT2D eigenvalue weighted by molar-refractivity contribution is 0.0784. The van der Waals surface area contributed by atoms with Crippen molar-refractivity contribution in [3.63, 3.8) is 0 Å². The third-order valence-corrected chi connectivity index (χ3v) is 6.37. The molecule has 0 bridgehead atoms. The van der Waals surface area contributed by atoms with Gasteiger partial charge >= 0.3 is 0 Å². The van der Waals surface area contributed by atoms with E-state index in [4.69, 9.17) is 4.74 Å². The Labute approximate surface area is 180 Å². The van der Waals surface area contributed by atoms with Gasteiger partial charge in [-0.3, -0.25) is 4.79 Å². The van der Waals surface area contributed by atoms with Gasteiger partial charge in [-0.15, -0.1) is 0 Å². The summed E-state index contributed by atoms with van der Waals surface area (Å²) in [5, 5.41) is 0. The summed E-state index contributed by atoms with van der Waals surface area (Å²) in [4.78, 5) is 17.4. The van der Waals surface area contributed by atoms with Crippen molar-refractivity contribution in [2.45, 2.75) is 38.5 Å². The van der Waals surface area contributed by atoms with Gasteiger partial charge in [0.2, 0.25) is 0 Å². The molecule has 160 valence electrons. The molecule has 0 radical (unpaired) electrons. The number of carbonyl (C=O) groups excluding carboxylic acids is 1. The molecule has 2 fully saturated rings. The summed E-state index contributed by atoms with van der Waals surface area (Å²) >= 11 is 0. The first kappa shape index (κ1) is 20.9. The van der Waals surface area contributed by atoms with Gasteiger partial charge in [-0.2, -0.15) is 0 Å². The van der Waals surface area contributed by atoms with E-state index in [0.717, 1.165) is 56.8 Å². The van der Waals surface area contributed by atoms with Gasteiger partial charge in [0.05, 0.1) is 12.2 Å². The van der Waals surface area contributed by atoms with Crippen LogP contribution in [-0.2, 0) is 6.42 Å². The highest BCUT2D eigenvalue weighted by molar-refractivity contribution is 5.97. The van der Waals surface area contributed by atoms with Crippen LogP contribution in [-0.4, -0.2) is 55.0 Å². The van der Waals surface area contributed by atoms with E-state index in [1.807, 2.05) is 29.2 Å². The summed E-state index contributed by atoms with van der Waals surface area (Å²) in [5.41, 5.74) is 2.14. The van der Waals surface area contributed by atoms with Crippen LogP contribution in [0.5, 0.6) is 5.75 Å². The van der Waals surface area contributed by atoms with Gasteiger partial charge < -0.3 is 14.5 Å². The molecule has 4 nitrogen and oxygen atoms in total. The van der Waals surface area contributed by atoms with Crippen LogP contribution in [0.2, 0.25) is 0 Å². The monoisotopic (exact) mass is 406 g/mol. The third kappa shape index (κ3) is 5.63. The molecule has 1 unspecified atom stereocenters. The number of aryl methyl sites for hydroxylation is 1. The van der Waals surface area contributed by atoms with Crippen LogP contribution in [0.25, 0.3) is 0 Å². The Hall–Kier alpha value is -2.33. The average molecular weight is 407 g/mol. The van der Waals surface area contributed by atoms with Gasteiger partial charge in [0, 0.05) is 25.6 Å². The summed E-state index contributed by atoms with van der Waals surface area (Å²) in [7, 11) is 0. The zero-order valence-corrected chi connectivity index (χ0v) is 18.0. The molecule has 0 aromatic heterocycles. The van der Waals surface area contributed by atoms with Crippen molar-refractivity contribution in [2.75, 3.05) is 39.3 Å². The highest BCUT2D eigenvalue weighted by atomic mass is 16.5. The number of ether oxygens (including phenoxy) is 1. The second kappa shape index (κ2) is 10.6. The smallest absolute Gasteiger partial charge is 0.257 e. The molecular weight excluding hydrogens is 372 g/mol. The van der Waals surface area contributed by atoms with Gasteiger partial charge in [-0.25, -0.2) is 0 Å². The number of piperidine rings is 1. The van der Waals surface area contributed by atoms with E-state index in [-0.39, 0.29) is 5.91 Å². The molecule has 1 amide bonds. The lowest BCUT2D eigenvalue weighted by Gasteiger charge is -2.32. The number of para-hydroxylation sites is 1. The van der Waals surface area contributed by atoms with Crippen molar-refractivity contribution >= 4 is 5.91 Å². The Kier molecular flexibility index (Phi) is 7.41. The molecule has 0 spiro atoms. The first-order valence-corrected chi connectivity index (χ1v) is 11.6. The normalized spacial score (nSPS) is 19.7. The number of likely N-dealkylation sites (tertiary alicyclic amines) is 2. The number of amides is 1. The summed E-state index contributed by atoms with van der Waals surface area (Å²) in [5.74, 6) is 1.40. The molecule has 30 heavy (non-hydrogen) atoms. The zero-order chi connectivity index (χ0) is 20.6. The quantitative estimate of drug-likeness (QED) is 0.640. The van der Waals surface area contributed by atoms with Crippen molar-refractivity contribution in [3.8, 4) is 5.75 Å². The van der Waals surface area contributed by atoms with E-state index < -0.39 is 0 Å². The number of hydrogen-bond donors (Lipinski definition) is 0. The van der Waals surface area contributed by atoms with Crippen molar-refractivity contribution in [1.82, 2.24) is 9.80 Å².